The number of hydrogen-bond donors (Lipinski definition) is 2. The fourth-order valence-corrected chi connectivity index (χ4v) is 5.18. The van der Waals surface area contributed by atoms with Crippen molar-refractivity contribution in [1.82, 2.24) is 25.3 Å². The maximum Gasteiger partial charge on any atom is 0.242 e. The van der Waals surface area contributed by atoms with Crippen LogP contribution < -0.4 is 4.72 Å². The molecule has 3 aromatic rings. The van der Waals surface area contributed by atoms with Gasteiger partial charge in [0.15, 0.2) is 5.82 Å². The predicted octanol–water partition coefficient (Wildman–Crippen LogP) is 4.09. The van der Waals surface area contributed by atoms with Gasteiger partial charge in [0.1, 0.15) is 10.7 Å². The molecule has 29 heavy (non-hydrogen) atoms. The Labute approximate surface area is 177 Å². The monoisotopic (exact) mass is 457 g/mol. The largest absolute Gasteiger partial charge is 0.242 e. The van der Waals surface area contributed by atoms with Gasteiger partial charge in [-0.15, -0.1) is 10.2 Å². The van der Waals surface area contributed by atoms with Crippen molar-refractivity contribution in [1.29, 1.82) is 0 Å². The number of aromatic nitrogens is 4. The first kappa shape index (κ1) is 21.6. The molecule has 154 valence electrons. The second kappa shape index (κ2) is 8.35. The second-order valence-corrected chi connectivity index (χ2v) is 9.16. The normalized spacial score (nSPS) is 14.0. The van der Waals surface area contributed by atoms with Crippen molar-refractivity contribution >= 4 is 33.2 Å². The van der Waals surface area contributed by atoms with E-state index in [4.69, 9.17) is 23.2 Å². The number of H-pyrrole nitrogens is 1. The van der Waals surface area contributed by atoms with Gasteiger partial charge in [-0.1, -0.05) is 41.4 Å². The number of tetrazole rings is 1. The van der Waals surface area contributed by atoms with E-state index in [1.165, 1.54) is 24.3 Å². The minimum atomic E-state index is -4.11. The van der Waals surface area contributed by atoms with E-state index in [0.717, 1.165) is 11.1 Å². The summed E-state index contributed by atoms with van der Waals surface area (Å²) in [7, 11) is -4.11. The van der Waals surface area contributed by atoms with E-state index in [0.29, 0.717) is 10.6 Å². The molecule has 7 nitrogen and oxygen atoms in total. The van der Waals surface area contributed by atoms with Crippen LogP contribution in [-0.2, 0) is 10.0 Å². The molecule has 2 aromatic carbocycles. The van der Waals surface area contributed by atoms with Gasteiger partial charge in [-0.2, -0.15) is 9.94 Å². The molecular formula is C18H18Cl2FN5O2S. The Bertz CT molecular complexity index is 1140. The molecule has 0 aliphatic heterocycles. The first-order chi connectivity index (χ1) is 13.6. The van der Waals surface area contributed by atoms with Gasteiger partial charge in [-0.25, -0.2) is 12.8 Å². The summed E-state index contributed by atoms with van der Waals surface area (Å²) >= 11 is 11.9. The Kier molecular flexibility index (Phi) is 6.23. The molecule has 11 heteroatoms. The molecule has 0 radical (unpaired) electrons. The van der Waals surface area contributed by atoms with Crippen LogP contribution in [0.4, 0.5) is 4.39 Å². The zero-order valence-corrected chi connectivity index (χ0v) is 18.1. The SMILES string of the molecule is Cc1ccc(F)c([C@@H](C)[C@H](NS(=O)(=O)c2ccc(Cl)cc2Cl)c2nn[nH]n2)c1C. The standard InChI is InChI=1S/C18H18Cl2FN5O2S/c1-9-4-6-14(21)16(10(9)2)11(3)17(18-22-25-26-23-18)24-29(27,28)15-7-5-12(19)8-13(15)20/h4-8,11,17,24H,1-3H3,(H,22,23,25,26)/t11-,17+/m1/s1. The highest BCUT2D eigenvalue weighted by molar-refractivity contribution is 7.89. The average Bonchev–Trinajstić information content (AvgIpc) is 3.17. The highest BCUT2D eigenvalue weighted by Gasteiger charge is 2.33. The van der Waals surface area contributed by atoms with Crippen molar-refractivity contribution in [2.24, 2.45) is 0 Å². The Balaban J connectivity index is 2.07. The number of aromatic amines is 1. The van der Waals surface area contributed by atoms with Gasteiger partial charge in [-0.3, -0.25) is 0 Å². The van der Waals surface area contributed by atoms with Crippen LogP contribution in [0.15, 0.2) is 35.2 Å². The van der Waals surface area contributed by atoms with Crippen molar-refractivity contribution in [3.63, 3.8) is 0 Å². The molecule has 1 heterocycles. The summed E-state index contributed by atoms with van der Waals surface area (Å²) in [5, 5.41) is 13.9. The molecule has 2 N–H and O–H groups in total. The Morgan fingerprint density at radius 3 is 2.52 bits per heavy atom. The molecule has 0 fully saturated rings. The third kappa shape index (κ3) is 4.42. The van der Waals surface area contributed by atoms with E-state index in [2.05, 4.69) is 25.3 Å². The summed E-state index contributed by atoms with van der Waals surface area (Å²) in [6.45, 7) is 5.33. The molecule has 0 unspecified atom stereocenters. The lowest BCUT2D eigenvalue weighted by atomic mass is 9.88. The molecule has 0 bridgehead atoms. The van der Waals surface area contributed by atoms with E-state index >= 15 is 0 Å². The number of rotatable bonds is 6. The van der Waals surface area contributed by atoms with E-state index in [9.17, 15) is 12.8 Å². The van der Waals surface area contributed by atoms with E-state index in [1.807, 2.05) is 6.92 Å². The van der Waals surface area contributed by atoms with Gasteiger partial charge in [0, 0.05) is 10.9 Å². The smallest absolute Gasteiger partial charge is 0.207 e. The molecule has 0 saturated heterocycles. The molecule has 0 aliphatic rings. The van der Waals surface area contributed by atoms with Crippen LogP contribution in [-0.4, -0.2) is 29.0 Å². The highest BCUT2D eigenvalue weighted by Crippen LogP contribution is 2.35. The minimum Gasteiger partial charge on any atom is -0.207 e. The lowest BCUT2D eigenvalue weighted by molar-refractivity contribution is 0.478. The number of aryl methyl sites for hydroxylation is 1. The first-order valence-electron chi connectivity index (χ1n) is 8.58. The van der Waals surface area contributed by atoms with Crippen LogP contribution in [0.2, 0.25) is 10.0 Å². The zero-order valence-electron chi connectivity index (χ0n) is 15.7. The highest BCUT2D eigenvalue weighted by atomic mass is 35.5. The Morgan fingerprint density at radius 2 is 1.90 bits per heavy atom. The molecule has 2 atom stereocenters. The van der Waals surface area contributed by atoms with Crippen molar-refractivity contribution in [2.75, 3.05) is 0 Å². The molecule has 1 aromatic heterocycles. The maximum atomic E-state index is 14.7. The van der Waals surface area contributed by atoms with Gasteiger partial charge in [0.05, 0.1) is 11.1 Å². The third-order valence-electron chi connectivity index (χ3n) is 4.79. The van der Waals surface area contributed by atoms with Crippen LogP contribution in [0.1, 0.15) is 41.4 Å². The summed E-state index contributed by atoms with van der Waals surface area (Å²) in [6, 6.07) is 6.06. The lowest BCUT2D eigenvalue weighted by Gasteiger charge is -2.25. The molecule has 0 amide bonds. The predicted molar refractivity (Wildman–Crippen MR) is 108 cm³/mol. The topological polar surface area (TPSA) is 101 Å². The van der Waals surface area contributed by atoms with Crippen LogP contribution in [0, 0.1) is 19.7 Å². The first-order valence-corrected chi connectivity index (χ1v) is 10.8. The third-order valence-corrected chi connectivity index (χ3v) is 6.95. The second-order valence-electron chi connectivity index (χ2n) is 6.64. The average molecular weight is 458 g/mol. The molecule has 0 spiro atoms. The number of nitrogens with one attached hydrogen (secondary N) is 2. The molecule has 0 aliphatic carbocycles. The summed E-state index contributed by atoms with van der Waals surface area (Å²) in [5.74, 6) is -1.02. The van der Waals surface area contributed by atoms with Crippen LogP contribution in [0.25, 0.3) is 0 Å². The van der Waals surface area contributed by atoms with Crippen molar-refractivity contribution in [3.05, 3.63) is 68.7 Å². The molecular weight excluding hydrogens is 440 g/mol. The van der Waals surface area contributed by atoms with Gasteiger partial charge in [0.2, 0.25) is 10.0 Å². The van der Waals surface area contributed by atoms with Gasteiger partial charge < -0.3 is 0 Å². The van der Waals surface area contributed by atoms with Crippen LogP contribution in [0.5, 0.6) is 0 Å². The number of hydrogen-bond acceptors (Lipinski definition) is 5. The summed E-state index contributed by atoms with van der Waals surface area (Å²) < 4.78 is 43.3. The number of halogens is 3. The Morgan fingerprint density at radius 1 is 1.17 bits per heavy atom. The molecule has 3 rings (SSSR count). The Hall–Kier alpha value is -2.07. The summed E-state index contributed by atoms with van der Waals surface area (Å²) in [5.41, 5.74) is 1.96. The van der Waals surface area contributed by atoms with Crippen LogP contribution >= 0.6 is 23.2 Å². The van der Waals surface area contributed by atoms with Gasteiger partial charge >= 0.3 is 0 Å². The van der Waals surface area contributed by atoms with E-state index < -0.39 is 27.8 Å². The zero-order chi connectivity index (χ0) is 21.3. The van der Waals surface area contributed by atoms with Crippen LogP contribution in [0.3, 0.4) is 0 Å². The van der Waals surface area contributed by atoms with Crippen molar-refractivity contribution in [2.45, 2.75) is 37.6 Å². The number of benzene rings is 2. The fraction of sp³-hybridized carbons (Fsp3) is 0.278. The van der Waals surface area contributed by atoms with Gasteiger partial charge in [0.25, 0.3) is 0 Å². The van der Waals surface area contributed by atoms with Crippen molar-refractivity contribution in [3.8, 4) is 0 Å². The maximum absolute atomic E-state index is 14.7. The van der Waals surface area contributed by atoms with E-state index in [-0.39, 0.29) is 15.7 Å². The summed E-state index contributed by atoms with van der Waals surface area (Å²) in [6.07, 6.45) is 0. The summed E-state index contributed by atoms with van der Waals surface area (Å²) in [4.78, 5) is -0.161. The van der Waals surface area contributed by atoms with Crippen molar-refractivity contribution < 1.29 is 12.8 Å². The lowest BCUT2D eigenvalue weighted by Crippen LogP contribution is -2.33. The number of nitrogens with zero attached hydrogens (tertiary/aromatic N) is 3. The van der Waals surface area contributed by atoms with E-state index in [1.54, 1.807) is 19.9 Å². The molecule has 0 saturated carbocycles. The van der Waals surface area contributed by atoms with Gasteiger partial charge in [-0.05, 0) is 54.8 Å². The number of sulfonamides is 1. The fourth-order valence-electron chi connectivity index (χ4n) is 3.13. The minimum absolute atomic E-state index is 0.0394. The quantitative estimate of drug-likeness (QED) is 0.580.